The van der Waals surface area contributed by atoms with Gasteiger partial charge in [0.1, 0.15) is 11.5 Å². The van der Waals surface area contributed by atoms with Crippen LogP contribution in [0.1, 0.15) is 34.8 Å². The molecule has 1 aliphatic rings. The summed E-state index contributed by atoms with van der Waals surface area (Å²) >= 11 is 0. The molecule has 2 aromatic carbocycles. The second kappa shape index (κ2) is 8.55. The zero-order chi connectivity index (χ0) is 22.8. The summed E-state index contributed by atoms with van der Waals surface area (Å²) < 4.78 is 14.9. The highest BCUT2D eigenvalue weighted by molar-refractivity contribution is 5.91. The van der Waals surface area contributed by atoms with Crippen LogP contribution in [0.3, 0.4) is 0 Å². The Bertz CT molecular complexity index is 1430. The lowest BCUT2D eigenvalue weighted by molar-refractivity contribution is 0.200. The number of aryl methyl sites for hydroxylation is 1. The van der Waals surface area contributed by atoms with E-state index in [1.165, 1.54) is 17.1 Å². The normalized spacial score (nSPS) is 14.8. The number of aromatic nitrogens is 3. The van der Waals surface area contributed by atoms with Crippen LogP contribution in [0.5, 0.6) is 0 Å². The fourth-order valence-electron chi connectivity index (χ4n) is 3.63. The molecule has 3 heterocycles. The number of carbonyl (C=O) groups is 1. The van der Waals surface area contributed by atoms with Crippen molar-refractivity contribution in [2.45, 2.75) is 19.4 Å². The van der Waals surface area contributed by atoms with Crippen molar-refractivity contribution in [1.29, 1.82) is 0 Å². The molecule has 0 fully saturated rings. The number of hydrogen-bond donors (Lipinski definition) is 1. The molecule has 2 amide bonds. The van der Waals surface area contributed by atoms with Gasteiger partial charge in [-0.15, -0.1) is 0 Å². The van der Waals surface area contributed by atoms with Crippen molar-refractivity contribution < 1.29 is 9.18 Å². The highest BCUT2D eigenvalue weighted by Gasteiger charge is 2.28. The van der Waals surface area contributed by atoms with Crippen LogP contribution in [-0.4, -0.2) is 31.9 Å². The first-order valence-corrected chi connectivity index (χ1v) is 10.4. The van der Waals surface area contributed by atoms with Crippen LogP contribution in [0, 0.1) is 24.6 Å². The summed E-state index contributed by atoms with van der Waals surface area (Å²) in [6.45, 7) is 1.96. The second-order valence-corrected chi connectivity index (χ2v) is 7.59. The molecule has 0 aliphatic carbocycles. The third-order valence-electron chi connectivity index (χ3n) is 5.38. The number of fused-ring (bicyclic) bond motifs is 1. The number of hydrazone groups is 1. The van der Waals surface area contributed by atoms with E-state index in [4.69, 9.17) is 0 Å². The highest BCUT2D eigenvalue weighted by atomic mass is 19.1. The molecule has 0 spiro atoms. The van der Waals surface area contributed by atoms with Crippen molar-refractivity contribution >= 4 is 23.6 Å². The molecule has 0 radical (unpaired) electrons. The van der Waals surface area contributed by atoms with Gasteiger partial charge in [-0.3, -0.25) is 0 Å². The number of carbonyl (C=O) groups excluding carboxylic acids is 1. The predicted octanol–water partition coefficient (Wildman–Crippen LogP) is 4.54. The maximum atomic E-state index is 13.3. The quantitative estimate of drug-likeness (QED) is 0.467. The van der Waals surface area contributed by atoms with Gasteiger partial charge >= 0.3 is 6.03 Å². The van der Waals surface area contributed by atoms with Crippen molar-refractivity contribution in [1.82, 2.24) is 19.6 Å². The van der Waals surface area contributed by atoms with Crippen molar-refractivity contribution in [2.75, 3.05) is 5.32 Å². The Kier molecular flexibility index (Phi) is 5.29. The maximum Gasteiger partial charge on any atom is 0.342 e. The van der Waals surface area contributed by atoms with Crippen LogP contribution in [0.4, 0.5) is 14.9 Å². The Hall–Kier alpha value is -4.51. The lowest BCUT2D eigenvalue weighted by Crippen LogP contribution is -2.31. The summed E-state index contributed by atoms with van der Waals surface area (Å²) in [7, 11) is 0. The third-order valence-corrected chi connectivity index (χ3v) is 5.38. The van der Waals surface area contributed by atoms with E-state index >= 15 is 0 Å². The van der Waals surface area contributed by atoms with Gasteiger partial charge < -0.3 is 5.32 Å². The number of amides is 2. The van der Waals surface area contributed by atoms with Gasteiger partial charge in [0.25, 0.3) is 0 Å². The van der Waals surface area contributed by atoms with Gasteiger partial charge in [0.15, 0.2) is 5.65 Å². The number of imidazole rings is 1. The lowest BCUT2D eigenvalue weighted by Gasteiger charge is -2.22. The monoisotopic (exact) mass is 438 g/mol. The smallest absolute Gasteiger partial charge is 0.306 e. The van der Waals surface area contributed by atoms with E-state index < -0.39 is 0 Å². The Morgan fingerprint density at radius 1 is 1.15 bits per heavy atom. The maximum absolute atomic E-state index is 13.3. The van der Waals surface area contributed by atoms with E-state index in [0.717, 1.165) is 22.3 Å². The van der Waals surface area contributed by atoms with Gasteiger partial charge in [0.05, 0.1) is 12.2 Å². The molecule has 0 saturated heterocycles. The van der Waals surface area contributed by atoms with Gasteiger partial charge in [-0.2, -0.15) is 10.2 Å². The summed E-state index contributed by atoms with van der Waals surface area (Å²) in [6.07, 6.45) is 5.61. The first-order valence-electron chi connectivity index (χ1n) is 10.4. The minimum absolute atomic E-state index is 0.280. The van der Waals surface area contributed by atoms with E-state index in [-0.39, 0.29) is 17.9 Å². The van der Waals surface area contributed by atoms with Gasteiger partial charge in [0, 0.05) is 30.1 Å². The summed E-state index contributed by atoms with van der Waals surface area (Å²) in [5, 5.41) is 12.7. The predicted molar refractivity (Wildman–Crippen MR) is 123 cm³/mol. The van der Waals surface area contributed by atoms with Crippen LogP contribution in [0.2, 0.25) is 0 Å². The molecule has 162 valence electrons. The highest BCUT2D eigenvalue weighted by Crippen LogP contribution is 2.29. The lowest BCUT2D eigenvalue weighted by atomic mass is 10.0. The molecule has 5 rings (SSSR count). The SMILES string of the molecule is Cc1ccc(NC(=O)N2N=CCC2c2ccc(F)cc2)cc1C#Cc1cnc2cccnn12. The Morgan fingerprint density at radius 3 is 2.85 bits per heavy atom. The van der Waals surface area contributed by atoms with Crippen molar-refractivity contribution in [3.05, 3.63) is 95.2 Å². The first-order chi connectivity index (χ1) is 16.1. The minimum Gasteiger partial charge on any atom is -0.306 e. The number of rotatable bonds is 2. The molecule has 0 bridgehead atoms. The number of nitrogens with zero attached hydrogens (tertiary/aromatic N) is 5. The average Bonchev–Trinajstić information content (AvgIpc) is 3.47. The van der Waals surface area contributed by atoms with Crippen LogP contribution < -0.4 is 5.32 Å². The minimum atomic E-state index is -0.369. The number of benzene rings is 2. The summed E-state index contributed by atoms with van der Waals surface area (Å²) in [6, 6.07) is 14.7. The molecule has 4 aromatic rings. The molecule has 1 aliphatic heterocycles. The molecule has 1 atom stereocenters. The number of anilines is 1. The van der Waals surface area contributed by atoms with Crippen LogP contribution in [0.25, 0.3) is 5.65 Å². The zero-order valence-electron chi connectivity index (χ0n) is 17.7. The molecular weight excluding hydrogens is 419 g/mol. The van der Waals surface area contributed by atoms with E-state index in [2.05, 4.69) is 32.3 Å². The number of urea groups is 1. The molecule has 33 heavy (non-hydrogen) atoms. The summed E-state index contributed by atoms with van der Waals surface area (Å²) in [5.74, 6) is 5.94. The zero-order valence-corrected chi connectivity index (χ0v) is 17.7. The fourth-order valence-corrected chi connectivity index (χ4v) is 3.63. The van der Waals surface area contributed by atoms with E-state index in [1.54, 1.807) is 35.3 Å². The van der Waals surface area contributed by atoms with E-state index in [9.17, 15) is 9.18 Å². The Morgan fingerprint density at radius 2 is 2.00 bits per heavy atom. The molecule has 2 aromatic heterocycles. The van der Waals surface area contributed by atoms with Crippen LogP contribution in [-0.2, 0) is 0 Å². The summed E-state index contributed by atoms with van der Waals surface area (Å²) in [5.41, 5.74) is 4.58. The van der Waals surface area contributed by atoms with Crippen molar-refractivity contribution in [3.8, 4) is 11.8 Å². The molecule has 1 unspecified atom stereocenters. The average molecular weight is 438 g/mol. The first kappa shape index (κ1) is 20.4. The van der Waals surface area contributed by atoms with Crippen molar-refractivity contribution in [2.24, 2.45) is 5.10 Å². The van der Waals surface area contributed by atoms with Crippen LogP contribution >= 0.6 is 0 Å². The number of halogens is 1. The van der Waals surface area contributed by atoms with Crippen LogP contribution in [0.15, 0.2) is 72.1 Å². The molecule has 8 heteroatoms. The Balaban J connectivity index is 1.36. The number of hydrogen-bond acceptors (Lipinski definition) is 4. The topological polar surface area (TPSA) is 74.9 Å². The standard InChI is InChI=1S/C25H19FN6O/c1-17-4-10-21(15-19(17)7-11-22-16-27-24-3-2-13-28-31(22)24)30-25(33)32-23(12-14-29-32)18-5-8-20(26)9-6-18/h2-6,8-10,13-16,23H,12H2,1H3,(H,30,33). The molecule has 7 nitrogen and oxygen atoms in total. The van der Waals surface area contributed by atoms with E-state index in [1.807, 2.05) is 37.3 Å². The molecule has 1 N–H and O–H groups in total. The summed E-state index contributed by atoms with van der Waals surface area (Å²) in [4.78, 5) is 17.2. The molecule has 0 saturated carbocycles. The van der Waals surface area contributed by atoms with Gasteiger partial charge in [-0.1, -0.05) is 24.1 Å². The van der Waals surface area contributed by atoms with Gasteiger partial charge in [-0.05, 0) is 60.4 Å². The fraction of sp³-hybridized carbons (Fsp3) is 0.120. The second-order valence-electron chi connectivity index (χ2n) is 7.59. The third kappa shape index (κ3) is 4.16. The largest absolute Gasteiger partial charge is 0.342 e. The van der Waals surface area contributed by atoms with Crippen molar-refractivity contribution in [3.63, 3.8) is 0 Å². The van der Waals surface area contributed by atoms with Gasteiger partial charge in [-0.25, -0.2) is 23.7 Å². The van der Waals surface area contributed by atoms with E-state index in [0.29, 0.717) is 17.8 Å². The number of nitrogens with one attached hydrogen (secondary N) is 1. The Labute approximate surface area is 189 Å². The molecular formula is C25H19FN6O. The van der Waals surface area contributed by atoms with Gasteiger partial charge in [0.2, 0.25) is 0 Å².